The topological polar surface area (TPSA) is 58.2 Å². The summed E-state index contributed by atoms with van der Waals surface area (Å²) in [6.45, 7) is 5.15. The molecule has 0 aliphatic rings. The first-order valence-electron chi connectivity index (χ1n) is 7.12. The number of anilines is 2. The van der Waals surface area contributed by atoms with Gasteiger partial charge in [-0.15, -0.1) is 18.3 Å². The molecule has 2 rings (SSSR count). The number of hydrogen-bond donors (Lipinski definition) is 2. The third-order valence-corrected chi connectivity index (χ3v) is 4.02. The molecule has 118 valence electrons. The summed E-state index contributed by atoms with van der Waals surface area (Å²) < 4.78 is 0. The predicted octanol–water partition coefficient (Wildman–Crippen LogP) is 4.18. The highest BCUT2D eigenvalue weighted by molar-refractivity contribution is 7.99. The Morgan fingerprint density at radius 3 is 2.26 bits per heavy atom. The van der Waals surface area contributed by atoms with Crippen molar-refractivity contribution in [1.82, 2.24) is 0 Å². The normalized spacial score (nSPS) is 9.96. The second-order valence-corrected chi connectivity index (χ2v) is 5.87. The van der Waals surface area contributed by atoms with Gasteiger partial charge in [-0.1, -0.05) is 18.2 Å². The fraction of sp³-hybridized carbons (Fsp3) is 0.111. The molecular weight excluding hydrogens is 308 g/mol. The van der Waals surface area contributed by atoms with Gasteiger partial charge in [0.15, 0.2) is 0 Å². The Bertz CT molecular complexity index is 711. The average molecular weight is 326 g/mol. The summed E-state index contributed by atoms with van der Waals surface area (Å²) in [6, 6.07) is 14.5. The number of thioether (sulfide) groups is 1. The van der Waals surface area contributed by atoms with Gasteiger partial charge in [0.1, 0.15) is 0 Å². The van der Waals surface area contributed by atoms with Crippen molar-refractivity contribution in [2.24, 2.45) is 0 Å². The average Bonchev–Trinajstić information content (AvgIpc) is 2.54. The minimum Gasteiger partial charge on any atom is -0.326 e. The van der Waals surface area contributed by atoms with E-state index in [9.17, 15) is 9.59 Å². The minimum absolute atomic E-state index is 0.130. The molecule has 0 spiro atoms. The summed E-state index contributed by atoms with van der Waals surface area (Å²) in [4.78, 5) is 24.4. The molecule has 0 aromatic heterocycles. The summed E-state index contributed by atoms with van der Waals surface area (Å²) in [7, 11) is 0. The van der Waals surface area contributed by atoms with E-state index in [1.54, 1.807) is 48.2 Å². The van der Waals surface area contributed by atoms with Crippen molar-refractivity contribution >= 4 is 35.0 Å². The molecule has 0 atom stereocenters. The molecule has 5 heteroatoms. The van der Waals surface area contributed by atoms with Crippen molar-refractivity contribution in [3.63, 3.8) is 0 Å². The SMILES string of the molecule is C=CCSc1ccccc1C(=O)Nc1ccc(NC(C)=O)cc1. The molecule has 0 aliphatic heterocycles. The zero-order valence-corrected chi connectivity index (χ0v) is 13.7. The van der Waals surface area contributed by atoms with Gasteiger partial charge in [-0.2, -0.15) is 0 Å². The summed E-state index contributed by atoms with van der Waals surface area (Å²) in [6.07, 6.45) is 1.81. The monoisotopic (exact) mass is 326 g/mol. The summed E-state index contributed by atoms with van der Waals surface area (Å²) in [5.74, 6) is 0.454. The van der Waals surface area contributed by atoms with Gasteiger partial charge < -0.3 is 10.6 Å². The smallest absolute Gasteiger partial charge is 0.256 e. The molecule has 23 heavy (non-hydrogen) atoms. The maximum atomic E-state index is 12.4. The molecule has 0 unspecified atom stereocenters. The third kappa shape index (κ3) is 5.00. The molecule has 0 heterocycles. The van der Waals surface area contributed by atoms with Crippen LogP contribution in [0.25, 0.3) is 0 Å². The van der Waals surface area contributed by atoms with Gasteiger partial charge in [0.25, 0.3) is 5.91 Å². The maximum Gasteiger partial charge on any atom is 0.256 e. The van der Waals surface area contributed by atoms with Crippen molar-refractivity contribution < 1.29 is 9.59 Å². The lowest BCUT2D eigenvalue weighted by Gasteiger charge is -2.10. The van der Waals surface area contributed by atoms with Crippen LogP contribution in [0.15, 0.2) is 66.1 Å². The Labute approximate surface area is 140 Å². The molecule has 0 aliphatic carbocycles. The van der Waals surface area contributed by atoms with Crippen LogP contribution in [-0.2, 0) is 4.79 Å². The van der Waals surface area contributed by atoms with Gasteiger partial charge in [-0.25, -0.2) is 0 Å². The van der Waals surface area contributed by atoms with E-state index in [2.05, 4.69) is 17.2 Å². The van der Waals surface area contributed by atoms with Gasteiger partial charge in [0, 0.05) is 28.9 Å². The number of hydrogen-bond acceptors (Lipinski definition) is 3. The summed E-state index contributed by atoms with van der Waals surface area (Å²) >= 11 is 1.57. The first-order chi connectivity index (χ1) is 11.1. The van der Waals surface area contributed by atoms with Gasteiger partial charge in [-0.3, -0.25) is 9.59 Å². The highest BCUT2D eigenvalue weighted by Crippen LogP contribution is 2.24. The maximum absolute atomic E-state index is 12.4. The van der Waals surface area contributed by atoms with Crippen LogP contribution in [0.4, 0.5) is 11.4 Å². The third-order valence-electron chi connectivity index (χ3n) is 2.95. The van der Waals surface area contributed by atoms with E-state index in [4.69, 9.17) is 0 Å². The fourth-order valence-electron chi connectivity index (χ4n) is 1.97. The lowest BCUT2D eigenvalue weighted by atomic mass is 10.2. The summed E-state index contributed by atoms with van der Waals surface area (Å²) in [5.41, 5.74) is 2.00. The van der Waals surface area contributed by atoms with E-state index in [1.807, 2.05) is 18.2 Å². The van der Waals surface area contributed by atoms with Crippen molar-refractivity contribution in [2.75, 3.05) is 16.4 Å². The van der Waals surface area contributed by atoms with E-state index >= 15 is 0 Å². The van der Waals surface area contributed by atoms with Gasteiger partial charge in [0.05, 0.1) is 5.56 Å². The highest BCUT2D eigenvalue weighted by Gasteiger charge is 2.11. The van der Waals surface area contributed by atoms with Crippen molar-refractivity contribution in [2.45, 2.75) is 11.8 Å². The van der Waals surface area contributed by atoms with Crippen molar-refractivity contribution in [1.29, 1.82) is 0 Å². The van der Waals surface area contributed by atoms with E-state index in [0.717, 1.165) is 10.6 Å². The number of rotatable bonds is 6. The first kappa shape index (κ1) is 16.8. The van der Waals surface area contributed by atoms with E-state index in [0.29, 0.717) is 16.9 Å². The molecular formula is C18H18N2O2S. The number of carbonyl (C=O) groups is 2. The lowest BCUT2D eigenvalue weighted by Crippen LogP contribution is -2.13. The van der Waals surface area contributed by atoms with Crippen LogP contribution < -0.4 is 10.6 Å². The fourth-order valence-corrected chi connectivity index (χ4v) is 2.76. The Kier molecular flexibility index (Phi) is 6.00. The highest BCUT2D eigenvalue weighted by atomic mass is 32.2. The van der Waals surface area contributed by atoms with Crippen LogP contribution in [0.1, 0.15) is 17.3 Å². The molecule has 2 N–H and O–H groups in total. The molecule has 0 bridgehead atoms. The summed E-state index contributed by atoms with van der Waals surface area (Å²) in [5, 5.41) is 5.55. The standard InChI is InChI=1S/C18H18N2O2S/c1-3-12-23-17-7-5-4-6-16(17)18(22)20-15-10-8-14(9-11-15)19-13(2)21/h3-11H,1,12H2,2H3,(H,19,21)(H,20,22). The molecule has 0 saturated heterocycles. The quantitative estimate of drug-likeness (QED) is 0.618. The van der Waals surface area contributed by atoms with E-state index < -0.39 is 0 Å². The van der Waals surface area contributed by atoms with Crippen LogP contribution in [0.3, 0.4) is 0 Å². The Morgan fingerprint density at radius 1 is 1.04 bits per heavy atom. The van der Waals surface area contributed by atoms with E-state index in [-0.39, 0.29) is 11.8 Å². The number of nitrogens with one attached hydrogen (secondary N) is 2. The molecule has 0 radical (unpaired) electrons. The molecule has 0 fully saturated rings. The zero-order valence-electron chi connectivity index (χ0n) is 12.8. The molecule has 2 aromatic carbocycles. The van der Waals surface area contributed by atoms with Crippen LogP contribution in [0.5, 0.6) is 0 Å². The Hall–Kier alpha value is -2.53. The second-order valence-electron chi connectivity index (χ2n) is 4.81. The predicted molar refractivity (Wildman–Crippen MR) is 96.1 cm³/mol. The first-order valence-corrected chi connectivity index (χ1v) is 8.10. The van der Waals surface area contributed by atoms with E-state index in [1.165, 1.54) is 6.92 Å². The van der Waals surface area contributed by atoms with Gasteiger partial charge in [0.2, 0.25) is 5.91 Å². The van der Waals surface area contributed by atoms with Gasteiger partial charge in [-0.05, 0) is 36.4 Å². The molecule has 0 saturated carbocycles. The lowest BCUT2D eigenvalue weighted by molar-refractivity contribution is -0.114. The largest absolute Gasteiger partial charge is 0.326 e. The Morgan fingerprint density at radius 2 is 1.65 bits per heavy atom. The van der Waals surface area contributed by atoms with Crippen LogP contribution >= 0.6 is 11.8 Å². The number of benzene rings is 2. The second kappa shape index (κ2) is 8.19. The molecule has 4 nitrogen and oxygen atoms in total. The minimum atomic E-state index is -0.163. The van der Waals surface area contributed by atoms with Crippen molar-refractivity contribution in [3.8, 4) is 0 Å². The van der Waals surface area contributed by atoms with Crippen LogP contribution in [-0.4, -0.2) is 17.6 Å². The molecule has 2 aromatic rings. The van der Waals surface area contributed by atoms with Crippen LogP contribution in [0, 0.1) is 0 Å². The number of carbonyl (C=O) groups excluding carboxylic acids is 2. The Balaban J connectivity index is 2.09. The number of amides is 2. The zero-order chi connectivity index (χ0) is 16.7. The van der Waals surface area contributed by atoms with Crippen molar-refractivity contribution in [3.05, 3.63) is 66.7 Å². The van der Waals surface area contributed by atoms with Crippen LogP contribution in [0.2, 0.25) is 0 Å². The van der Waals surface area contributed by atoms with Gasteiger partial charge >= 0.3 is 0 Å². The molecule has 2 amide bonds.